The zero-order valence-electron chi connectivity index (χ0n) is 11.5. The van der Waals surface area contributed by atoms with E-state index < -0.39 is 16.7 Å². The topological polar surface area (TPSA) is 127 Å². The minimum Gasteiger partial charge on any atom is -0.504 e. The summed E-state index contributed by atoms with van der Waals surface area (Å²) < 4.78 is 21.8. The Balaban J connectivity index is 2.22. The molecule has 118 valence electrons. The Morgan fingerprint density at radius 1 is 1.23 bits per heavy atom. The third-order valence-corrected chi connectivity index (χ3v) is 5.44. The zero-order chi connectivity index (χ0) is 15.9. The van der Waals surface area contributed by atoms with Gasteiger partial charge < -0.3 is 10.2 Å². The molecule has 2 aromatic rings. The first-order valence-electron chi connectivity index (χ1n) is 6.65. The van der Waals surface area contributed by atoms with Gasteiger partial charge in [0.2, 0.25) is 0 Å². The van der Waals surface area contributed by atoms with Gasteiger partial charge in [-0.25, -0.2) is 9.78 Å². The molecule has 0 radical (unpaired) electrons. The fourth-order valence-electron chi connectivity index (χ4n) is 2.46. The van der Waals surface area contributed by atoms with Crippen LogP contribution in [0.3, 0.4) is 0 Å². The summed E-state index contributed by atoms with van der Waals surface area (Å²) >= 11 is 0. The number of carboxylic acid groups (broad SMARTS) is 1. The number of hydrogen-bond donors (Lipinski definition) is 4. The first-order chi connectivity index (χ1) is 10.4. The molecule has 0 aromatic carbocycles. The Hall–Kier alpha value is -2.10. The zero-order valence-corrected chi connectivity index (χ0v) is 12.3. The molecule has 0 amide bonds. The highest BCUT2D eigenvalue weighted by molar-refractivity contribution is 8.25. The Bertz CT molecular complexity index is 752. The summed E-state index contributed by atoms with van der Waals surface area (Å²) in [4.78, 5) is 19.1. The molecule has 0 bridgehead atoms. The largest absolute Gasteiger partial charge is 0.504 e. The van der Waals surface area contributed by atoms with Crippen molar-refractivity contribution >= 4 is 33.5 Å². The maximum absolute atomic E-state index is 11.1. The average Bonchev–Trinajstić information content (AvgIpc) is 2.47. The molecule has 0 atom stereocenters. The summed E-state index contributed by atoms with van der Waals surface area (Å²) in [7, 11) is -3.00. The maximum atomic E-state index is 11.1. The Kier molecular flexibility index (Phi) is 3.55. The molecule has 0 aliphatic carbocycles. The van der Waals surface area contributed by atoms with E-state index in [9.17, 15) is 19.0 Å². The molecule has 4 N–H and O–H groups in total. The average molecular weight is 325 g/mol. The normalized spacial score (nSPS) is 19.1. The number of aromatic nitrogens is 2. The second kappa shape index (κ2) is 5.27. The van der Waals surface area contributed by atoms with Crippen LogP contribution in [0, 0.1) is 0 Å². The number of carbonyl (C=O) groups is 1. The summed E-state index contributed by atoms with van der Waals surface area (Å²) in [5.41, 5.74) is 0.116. The van der Waals surface area contributed by atoms with Crippen LogP contribution in [0.4, 0.5) is 5.82 Å². The summed E-state index contributed by atoms with van der Waals surface area (Å²) in [6, 6.07) is 1.33. The SMILES string of the molecule is O=C(O)c1cnc2c(O)cnc(N3CCCCS3(O)O)c2c1. The molecular weight excluding hydrogens is 310 g/mol. The van der Waals surface area contributed by atoms with E-state index in [0.717, 1.165) is 12.6 Å². The minimum absolute atomic E-state index is 0.0605. The predicted molar refractivity (Wildman–Crippen MR) is 82.5 cm³/mol. The lowest BCUT2D eigenvalue weighted by Crippen LogP contribution is -2.35. The highest BCUT2D eigenvalue weighted by Gasteiger charge is 2.29. The van der Waals surface area contributed by atoms with E-state index in [4.69, 9.17) is 5.11 Å². The van der Waals surface area contributed by atoms with Crippen LogP contribution in [-0.2, 0) is 0 Å². The lowest BCUT2D eigenvalue weighted by atomic mass is 10.2. The second-order valence-electron chi connectivity index (χ2n) is 5.04. The molecule has 2 aromatic heterocycles. The number of anilines is 1. The molecule has 9 heteroatoms. The molecule has 1 fully saturated rings. The Morgan fingerprint density at radius 2 is 2.00 bits per heavy atom. The van der Waals surface area contributed by atoms with Crippen LogP contribution in [0.1, 0.15) is 23.2 Å². The van der Waals surface area contributed by atoms with Crippen molar-refractivity contribution in [1.82, 2.24) is 9.97 Å². The molecule has 3 rings (SSSR count). The van der Waals surface area contributed by atoms with Gasteiger partial charge in [-0.1, -0.05) is 0 Å². The fourth-order valence-corrected chi connectivity index (χ4v) is 4.12. The van der Waals surface area contributed by atoms with Crippen molar-refractivity contribution in [1.29, 1.82) is 0 Å². The fraction of sp³-hybridized carbons (Fsp3) is 0.308. The van der Waals surface area contributed by atoms with Gasteiger partial charge >= 0.3 is 5.97 Å². The highest BCUT2D eigenvalue weighted by atomic mass is 32.3. The first kappa shape index (κ1) is 14.8. The van der Waals surface area contributed by atoms with E-state index in [1.54, 1.807) is 0 Å². The molecule has 1 aliphatic rings. The third-order valence-electron chi connectivity index (χ3n) is 3.55. The quantitative estimate of drug-likeness (QED) is 0.662. The van der Waals surface area contributed by atoms with Crippen LogP contribution in [0.5, 0.6) is 5.75 Å². The van der Waals surface area contributed by atoms with Gasteiger partial charge in [0.1, 0.15) is 5.52 Å². The smallest absolute Gasteiger partial charge is 0.337 e. The van der Waals surface area contributed by atoms with Crippen molar-refractivity contribution in [2.24, 2.45) is 0 Å². The second-order valence-corrected chi connectivity index (χ2v) is 7.15. The number of fused-ring (bicyclic) bond motifs is 1. The number of aromatic hydroxyl groups is 1. The van der Waals surface area contributed by atoms with Crippen molar-refractivity contribution in [2.75, 3.05) is 16.6 Å². The molecule has 1 saturated heterocycles. The van der Waals surface area contributed by atoms with Gasteiger partial charge in [0.25, 0.3) is 0 Å². The van der Waals surface area contributed by atoms with Gasteiger partial charge in [-0.2, -0.15) is 0 Å². The summed E-state index contributed by atoms with van der Waals surface area (Å²) in [5, 5.41) is 19.2. The summed E-state index contributed by atoms with van der Waals surface area (Å²) in [6.07, 6.45) is 3.79. The standard InChI is InChI=1S/C13H15N3O5S/c17-10-7-15-12(16-3-1-2-4-22(16,20)21)9-5-8(13(18)19)6-14-11(9)10/h5-7,17,20-21H,1-4H2,(H,18,19). The maximum Gasteiger partial charge on any atom is 0.337 e. The van der Waals surface area contributed by atoms with E-state index in [-0.39, 0.29) is 33.8 Å². The van der Waals surface area contributed by atoms with E-state index >= 15 is 0 Å². The number of pyridine rings is 2. The van der Waals surface area contributed by atoms with Crippen LogP contribution in [0.2, 0.25) is 0 Å². The van der Waals surface area contributed by atoms with Crippen LogP contribution in [-0.4, -0.2) is 47.6 Å². The van der Waals surface area contributed by atoms with E-state index in [1.807, 2.05) is 0 Å². The lowest BCUT2D eigenvalue weighted by molar-refractivity contribution is 0.0696. The van der Waals surface area contributed by atoms with E-state index in [2.05, 4.69) is 9.97 Å². The number of nitrogens with zero attached hydrogens (tertiary/aromatic N) is 3. The number of hydrogen-bond acceptors (Lipinski definition) is 7. The first-order valence-corrected chi connectivity index (χ1v) is 8.32. The minimum atomic E-state index is -3.00. The van der Waals surface area contributed by atoms with Crippen LogP contribution >= 0.6 is 10.8 Å². The van der Waals surface area contributed by atoms with E-state index in [1.165, 1.54) is 16.6 Å². The van der Waals surface area contributed by atoms with Crippen molar-refractivity contribution in [3.8, 4) is 5.75 Å². The van der Waals surface area contributed by atoms with Gasteiger partial charge in [-0.15, -0.1) is 10.8 Å². The molecule has 22 heavy (non-hydrogen) atoms. The van der Waals surface area contributed by atoms with Crippen molar-refractivity contribution in [3.05, 3.63) is 24.0 Å². The third kappa shape index (κ3) is 2.43. The predicted octanol–water partition coefficient (Wildman–Crippen LogP) is 2.30. The van der Waals surface area contributed by atoms with Crippen LogP contribution < -0.4 is 4.31 Å². The van der Waals surface area contributed by atoms with E-state index in [0.29, 0.717) is 13.0 Å². The molecule has 8 nitrogen and oxygen atoms in total. The Morgan fingerprint density at radius 3 is 2.68 bits per heavy atom. The summed E-state index contributed by atoms with van der Waals surface area (Å²) in [6.45, 7) is 0.395. The van der Waals surface area contributed by atoms with Crippen molar-refractivity contribution in [3.63, 3.8) is 0 Å². The highest BCUT2D eigenvalue weighted by Crippen LogP contribution is 2.50. The van der Waals surface area contributed by atoms with Gasteiger partial charge in [0.15, 0.2) is 11.6 Å². The molecule has 0 spiro atoms. The van der Waals surface area contributed by atoms with Gasteiger partial charge in [0, 0.05) is 18.1 Å². The molecule has 0 saturated carbocycles. The molecule has 3 heterocycles. The number of rotatable bonds is 2. The number of carboxylic acids is 1. The lowest BCUT2D eigenvalue weighted by Gasteiger charge is -2.46. The van der Waals surface area contributed by atoms with Crippen LogP contribution in [0.15, 0.2) is 18.5 Å². The number of aromatic carboxylic acids is 1. The molecule has 1 aliphatic heterocycles. The summed E-state index contributed by atoms with van der Waals surface area (Å²) in [5.74, 6) is -0.885. The monoisotopic (exact) mass is 325 g/mol. The van der Waals surface area contributed by atoms with Crippen molar-refractivity contribution in [2.45, 2.75) is 12.8 Å². The van der Waals surface area contributed by atoms with Gasteiger partial charge in [-0.05, 0) is 18.9 Å². The Labute approximate surface area is 127 Å². The molecular formula is C13H15N3O5S. The van der Waals surface area contributed by atoms with Crippen LogP contribution in [0.25, 0.3) is 10.9 Å². The molecule has 0 unspecified atom stereocenters. The van der Waals surface area contributed by atoms with Gasteiger partial charge in [0.05, 0.1) is 17.5 Å². The van der Waals surface area contributed by atoms with Crippen molar-refractivity contribution < 1.29 is 24.1 Å². The van der Waals surface area contributed by atoms with Gasteiger partial charge in [-0.3, -0.25) is 18.4 Å².